The smallest absolute Gasteiger partial charge is 0.329 e. The number of hydrogen-bond acceptors (Lipinski definition) is 3. The molecular formula is C7H11F3N4. The highest BCUT2D eigenvalue weighted by Gasteiger charge is 2.27. The van der Waals surface area contributed by atoms with Gasteiger partial charge in [-0.3, -0.25) is 0 Å². The molecule has 1 aromatic heterocycles. The van der Waals surface area contributed by atoms with Crippen LogP contribution in [0.2, 0.25) is 0 Å². The van der Waals surface area contributed by atoms with Crippen LogP contribution >= 0.6 is 0 Å². The van der Waals surface area contributed by atoms with Crippen molar-refractivity contribution in [3.05, 3.63) is 12.2 Å². The van der Waals surface area contributed by atoms with Crippen molar-refractivity contribution in [3.8, 4) is 0 Å². The Hall–Kier alpha value is -1.11. The SMILES string of the molecule is NCCn1cnnc1CCC(F)(F)F. The Bertz CT molecular complexity index is 281. The van der Waals surface area contributed by atoms with Crippen molar-refractivity contribution in [1.82, 2.24) is 14.8 Å². The first-order valence-electron chi connectivity index (χ1n) is 4.16. The van der Waals surface area contributed by atoms with E-state index in [1.807, 2.05) is 0 Å². The number of aromatic nitrogens is 3. The maximum absolute atomic E-state index is 11.9. The number of nitrogens with zero attached hydrogens (tertiary/aromatic N) is 3. The van der Waals surface area contributed by atoms with Gasteiger partial charge in [-0.1, -0.05) is 0 Å². The normalized spacial score (nSPS) is 12.0. The summed E-state index contributed by atoms with van der Waals surface area (Å²) in [6.45, 7) is 0.803. The lowest BCUT2D eigenvalue weighted by atomic mass is 10.3. The van der Waals surface area contributed by atoms with Crippen LogP contribution in [0.4, 0.5) is 13.2 Å². The summed E-state index contributed by atoms with van der Waals surface area (Å²) < 4.78 is 37.2. The molecule has 0 saturated carbocycles. The number of alkyl halides is 3. The molecule has 0 saturated heterocycles. The van der Waals surface area contributed by atoms with Gasteiger partial charge in [0.05, 0.1) is 6.42 Å². The van der Waals surface area contributed by atoms with Gasteiger partial charge in [-0.25, -0.2) is 0 Å². The first-order valence-corrected chi connectivity index (χ1v) is 4.16. The Morgan fingerprint density at radius 1 is 1.43 bits per heavy atom. The maximum atomic E-state index is 11.9. The molecule has 1 aromatic rings. The molecule has 80 valence electrons. The third-order valence-electron chi connectivity index (χ3n) is 1.70. The Balaban J connectivity index is 2.53. The molecule has 0 fully saturated rings. The summed E-state index contributed by atoms with van der Waals surface area (Å²) in [7, 11) is 0. The fourth-order valence-electron chi connectivity index (χ4n) is 1.05. The zero-order valence-electron chi connectivity index (χ0n) is 7.46. The highest BCUT2D eigenvalue weighted by Crippen LogP contribution is 2.21. The molecule has 1 heterocycles. The summed E-state index contributed by atoms with van der Waals surface area (Å²) >= 11 is 0. The Labute approximate surface area is 78.9 Å². The lowest BCUT2D eigenvalue weighted by Crippen LogP contribution is -2.15. The zero-order valence-corrected chi connectivity index (χ0v) is 7.46. The van der Waals surface area contributed by atoms with E-state index in [1.54, 1.807) is 0 Å². The van der Waals surface area contributed by atoms with E-state index >= 15 is 0 Å². The van der Waals surface area contributed by atoms with Crippen molar-refractivity contribution in [1.29, 1.82) is 0 Å². The van der Waals surface area contributed by atoms with Crippen molar-refractivity contribution in [2.45, 2.75) is 25.6 Å². The average molecular weight is 208 g/mol. The molecule has 0 aliphatic carbocycles. The monoisotopic (exact) mass is 208 g/mol. The van der Waals surface area contributed by atoms with Gasteiger partial charge in [0.1, 0.15) is 12.2 Å². The van der Waals surface area contributed by atoms with E-state index in [2.05, 4.69) is 10.2 Å². The molecule has 0 atom stereocenters. The fourth-order valence-corrected chi connectivity index (χ4v) is 1.05. The van der Waals surface area contributed by atoms with Gasteiger partial charge in [0.15, 0.2) is 0 Å². The van der Waals surface area contributed by atoms with Crippen LogP contribution in [0.5, 0.6) is 0 Å². The van der Waals surface area contributed by atoms with Gasteiger partial charge in [0.25, 0.3) is 0 Å². The molecular weight excluding hydrogens is 197 g/mol. The van der Waals surface area contributed by atoms with Gasteiger partial charge in [-0.15, -0.1) is 10.2 Å². The Kier molecular flexibility index (Phi) is 3.45. The highest BCUT2D eigenvalue weighted by molar-refractivity contribution is 4.86. The van der Waals surface area contributed by atoms with Crippen molar-refractivity contribution in [3.63, 3.8) is 0 Å². The standard InChI is InChI=1S/C7H11F3N4/c8-7(9,10)2-1-6-13-12-5-14(6)4-3-11/h5H,1-4,11H2. The molecule has 4 nitrogen and oxygen atoms in total. The van der Waals surface area contributed by atoms with Crippen molar-refractivity contribution in [2.24, 2.45) is 5.73 Å². The minimum Gasteiger partial charge on any atom is -0.329 e. The van der Waals surface area contributed by atoms with Crippen LogP contribution in [0.15, 0.2) is 6.33 Å². The van der Waals surface area contributed by atoms with Gasteiger partial charge in [0.2, 0.25) is 0 Å². The number of halogens is 3. The largest absolute Gasteiger partial charge is 0.389 e. The predicted octanol–water partition coefficient (Wildman–Crippen LogP) is 0.732. The lowest BCUT2D eigenvalue weighted by molar-refractivity contribution is -0.134. The molecule has 0 unspecified atom stereocenters. The molecule has 7 heteroatoms. The summed E-state index contributed by atoms with van der Waals surface area (Å²) in [6, 6.07) is 0. The van der Waals surface area contributed by atoms with Gasteiger partial charge in [-0.05, 0) is 0 Å². The van der Waals surface area contributed by atoms with Crippen LogP contribution in [0, 0.1) is 0 Å². The third-order valence-corrected chi connectivity index (χ3v) is 1.70. The van der Waals surface area contributed by atoms with Crippen LogP contribution in [0.3, 0.4) is 0 Å². The third kappa shape index (κ3) is 3.33. The van der Waals surface area contributed by atoms with Crippen molar-refractivity contribution >= 4 is 0 Å². The van der Waals surface area contributed by atoms with Gasteiger partial charge in [-0.2, -0.15) is 13.2 Å². The van der Waals surface area contributed by atoms with E-state index < -0.39 is 12.6 Å². The molecule has 0 aliphatic rings. The second-order valence-corrected chi connectivity index (χ2v) is 2.84. The number of aryl methyl sites for hydroxylation is 1. The highest BCUT2D eigenvalue weighted by atomic mass is 19.4. The summed E-state index contributed by atoms with van der Waals surface area (Å²) in [6.07, 6.45) is -3.79. The van der Waals surface area contributed by atoms with Gasteiger partial charge < -0.3 is 10.3 Å². The van der Waals surface area contributed by atoms with E-state index in [0.717, 1.165) is 0 Å². The van der Waals surface area contributed by atoms with Crippen LogP contribution in [-0.4, -0.2) is 27.5 Å². The van der Waals surface area contributed by atoms with E-state index in [4.69, 9.17) is 5.73 Å². The van der Waals surface area contributed by atoms with Crippen LogP contribution < -0.4 is 5.73 Å². The minimum absolute atomic E-state index is 0.149. The molecule has 0 bridgehead atoms. The first-order chi connectivity index (χ1) is 6.53. The van der Waals surface area contributed by atoms with Crippen LogP contribution in [-0.2, 0) is 13.0 Å². The molecule has 0 aliphatic heterocycles. The average Bonchev–Trinajstić information content (AvgIpc) is 2.48. The van der Waals surface area contributed by atoms with E-state index in [-0.39, 0.29) is 6.42 Å². The number of hydrogen-bond donors (Lipinski definition) is 1. The Morgan fingerprint density at radius 3 is 2.71 bits per heavy atom. The van der Waals surface area contributed by atoms with Crippen molar-refractivity contribution in [2.75, 3.05) is 6.54 Å². The Morgan fingerprint density at radius 2 is 2.14 bits per heavy atom. The first kappa shape index (κ1) is 11.0. The lowest BCUT2D eigenvalue weighted by Gasteiger charge is -2.06. The summed E-state index contributed by atoms with van der Waals surface area (Å²) in [5.74, 6) is 0.327. The molecule has 2 N–H and O–H groups in total. The fraction of sp³-hybridized carbons (Fsp3) is 0.714. The van der Waals surface area contributed by atoms with Crippen LogP contribution in [0.25, 0.3) is 0 Å². The summed E-state index contributed by atoms with van der Waals surface area (Å²) in [4.78, 5) is 0. The molecule has 1 rings (SSSR count). The number of rotatable bonds is 4. The molecule has 0 amide bonds. The summed E-state index contributed by atoms with van der Waals surface area (Å²) in [5.41, 5.74) is 5.27. The molecule has 0 aromatic carbocycles. The second-order valence-electron chi connectivity index (χ2n) is 2.84. The minimum atomic E-state index is -4.15. The van der Waals surface area contributed by atoms with E-state index in [1.165, 1.54) is 10.9 Å². The van der Waals surface area contributed by atoms with Gasteiger partial charge in [0, 0.05) is 19.5 Å². The van der Waals surface area contributed by atoms with E-state index in [9.17, 15) is 13.2 Å². The van der Waals surface area contributed by atoms with Crippen molar-refractivity contribution < 1.29 is 13.2 Å². The molecule has 0 spiro atoms. The topological polar surface area (TPSA) is 56.7 Å². The molecule has 0 radical (unpaired) electrons. The quantitative estimate of drug-likeness (QED) is 0.793. The molecule has 14 heavy (non-hydrogen) atoms. The maximum Gasteiger partial charge on any atom is 0.389 e. The van der Waals surface area contributed by atoms with Crippen LogP contribution in [0.1, 0.15) is 12.2 Å². The summed E-state index contributed by atoms with van der Waals surface area (Å²) in [5, 5.41) is 7.13. The van der Waals surface area contributed by atoms with E-state index in [0.29, 0.717) is 18.9 Å². The zero-order chi connectivity index (χ0) is 10.6. The number of nitrogens with two attached hydrogens (primary N) is 1. The predicted molar refractivity (Wildman–Crippen MR) is 43.5 cm³/mol. The van der Waals surface area contributed by atoms with Gasteiger partial charge >= 0.3 is 6.18 Å². The second kappa shape index (κ2) is 4.41.